The summed E-state index contributed by atoms with van der Waals surface area (Å²) in [5, 5.41) is 3.53. The standard InChI is InChI=1S/C15H20N2O2/c16-11-7-13-14(19-6-5-18-13)8-12(11)17-9-15(3-4-15)10-1-2-10/h7-8,10,17H,1-6,9,16H2. The van der Waals surface area contributed by atoms with E-state index < -0.39 is 0 Å². The molecular formula is C15H20N2O2. The summed E-state index contributed by atoms with van der Waals surface area (Å²) < 4.78 is 11.1. The van der Waals surface area contributed by atoms with E-state index in [2.05, 4.69) is 5.32 Å². The fourth-order valence-corrected chi connectivity index (χ4v) is 3.11. The Bertz CT molecular complexity index is 507. The molecule has 102 valence electrons. The maximum Gasteiger partial charge on any atom is 0.163 e. The smallest absolute Gasteiger partial charge is 0.163 e. The molecule has 0 bridgehead atoms. The van der Waals surface area contributed by atoms with Crippen molar-refractivity contribution in [1.82, 2.24) is 0 Å². The van der Waals surface area contributed by atoms with Gasteiger partial charge in [0, 0.05) is 18.7 Å². The predicted octanol–water partition coefficient (Wildman–Crippen LogP) is 2.64. The molecule has 1 aromatic rings. The highest BCUT2D eigenvalue weighted by Crippen LogP contribution is 2.61. The highest BCUT2D eigenvalue weighted by molar-refractivity contribution is 5.72. The number of nitrogens with two attached hydrogens (primary N) is 1. The van der Waals surface area contributed by atoms with Crippen LogP contribution >= 0.6 is 0 Å². The molecule has 4 rings (SSSR count). The van der Waals surface area contributed by atoms with E-state index in [0.717, 1.165) is 35.3 Å². The summed E-state index contributed by atoms with van der Waals surface area (Å²) in [6, 6.07) is 3.85. The highest BCUT2D eigenvalue weighted by Gasteiger charge is 2.53. The van der Waals surface area contributed by atoms with E-state index in [1.807, 2.05) is 12.1 Å². The molecule has 0 radical (unpaired) electrons. The summed E-state index contributed by atoms with van der Waals surface area (Å²) in [5.74, 6) is 2.52. The first kappa shape index (κ1) is 11.3. The minimum atomic E-state index is 0.569. The Morgan fingerprint density at radius 2 is 1.84 bits per heavy atom. The van der Waals surface area contributed by atoms with Crippen molar-refractivity contribution in [2.75, 3.05) is 30.8 Å². The topological polar surface area (TPSA) is 56.5 Å². The number of nitrogen functional groups attached to an aromatic ring is 1. The zero-order valence-corrected chi connectivity index (χ0v) is 11.1. The molecule has 4 nitrogen and oxygen atoms in total. The van der Waals surface area contributed by atoms with Gasteiger partial charge < -0.3 is 20.5 Å². The van der Waals surface area contributed by atoms with E-state index in [1.54, 1.807) is 0 Å². The van der Waals surface area contributed by atoms with Gasteiger partial charge in [0.25, 0.3) is 0 Å². The van der Waals surface area contributed by atoms with E-state index in [-0.39, 0.29) is 0 Å². The summed E-state index contributed by atoms with van der Waals surface area (Å²) in [4.78, 5) is 0. The van der Waals surface area contributed by atoms with Gasteiger partial charge in [0.15, 0.2) is 11.5 Å². The number of rotatable bonds is 4. The van der Waals surface area contributed by atoms with Crippen LogP contribution in [-0.2, 0) is 0 Å². The van der Waals surface area contributed by atoms with E-state index in [4.69, 9.17) is 15.2 Å². The minimum Gasteiger partial charge on any atom is -0.486 e. The Morgan fingerprint density at radius 1 is 1.16 bits per heavy atom. The van der Waals surface area contributed by atoms with Crippen LogP contribution in [0.15, 0.2) is 12.1 Å². The fourth-order valence-electron chi connectivity index (χ4n) is 3.11. The fraction of sp³-hybridized carbons (Fsp3) is 0.600. The first-order valence-electron chi connectivity index (χ1n) is 7.20. The summed E-state index contributed by atoms with van der Waals surface area (Å²) in [6.45, 7) is 2.26. The third-order valence-electron chi connectivity index (χ3n) is 4.68. The monoisotopic (exact) mass is 260 g/mol. The molecule has 3 N–H and O–H groups in total. The van der Waals surface area contributed by atoms with Gasteiger partial charge >= 0.3 is 0 Å². The molecule has 1 heterocycles. The van der Waals surface area contributed by atoms with E-state index in [9.17, 15) is 0 Å². The Labute approximate surface area is 113 Å². The third-order valence-corrected chi connectivity index (χ3v) is 4.68. The van der Waals surface area contributed by atoms with Crippen LogP contribution in [0.1, 0.15) is 25.7 Å². The van der Waals surface area contributed by atoms with Crippen molar-refractivity contribution in [3.63, 3.8) is 0 Å². The predicted molar refractivity (Wildman–Crippen MR) is 74.7 cm³/mol. The number of ether oxygens (including phenoxy) is 2. The van der Waals surface area contributed by atoms with Crippen LogP contribution in [0.4, 0.5) is 11.4 Å². The average Bonchev–Trinajstić information content (AvgIpc) is 3.27. The van der Waals surface area contributed by atoms with Crippen LogP contribution in [0.5, 0.6) is 11.5 Å². The summed E-state index contributed by atoms with van der Waals surface area (Å²) in [6.07, 6.45) is 5.57. The summed E-state index contributed by atoms with van der Waals surface area (Å²) in [5.41, 5.74) is 8.39. The van der Waals surface area contributed by atoms with Gasteiger partial charge in [-0.15, -0.1) is 0 Å². The van der Waals surface area contributed by atoms with Gasteiger partial charge in [-0.2, -0.15) is 0 Å². The van der Waals surface area contributed by atoms with Crippen molar-refractivity contribution in [2.24, 2.45) is 11.3 Å². The molecule has 4 heteroatoms. The lowest BCUT2D eigenvalue weighted by Gasteiger charge is -2.22. The molecule has 19 heavy (non-hydrogen) atoms. The van der Waals surface area contributed by atoms with E-state index in [0.29, 0.717) is 18.6 Å². The lowest BCUT2D eigenvalue weighted by atomic mass is 10.0. The zero-order chi connectivity index (χ0) is 12.9. The Morgan fingerprint density at radius 3 is 2.47 bits per heavy atom. The van der Waals surface area contributed by atoms with Crippen molar-refractivity contribution in [3.05, 3.63) is 12.1 Å². The lowest BCUT2D eigenvalue weighted by Crippen LogP contribution is -2.19. The van der Waals surface area contributed by atoms with Crippen LogP contribution in [0.25, 0.3) is 0 Å². The van der Waals surface area contributed by atoms with Crippen molar-refractivity contribution < 1.29 is 9.47 Å². The maximum atomic E-state index is 6.09. The van der Waals surface area contributed by atoms with Crippen LogP contribution in [0, 0.1) is 11.3 Å². The Hall–Kier alpha value is -1.58. The Kier molecular flexibility index (Phi) is 2.34. The normalized spacial score (nSPS) is 22.9. The largest absolute Gasteiger partial charge is 0.486 e. The SMILES string of the molecule is Nc1cc2c(cc1NCC1(C3CC3)CC1)OCCO2. The molecule has 0 unspecified atom stereocenters. The van der Waals surface area contributed by atoms with Crippen molar-refractivity contribution in [3.8, 4) is 11.5 Å². The zero-order valence-electron chi connectivity index (χ0n) is 11.1. The number of nitrogens with one attached hydrogen (secondary N) is 1. The second-order valence-corrected chi connectivity index (χ2v) is 6.07. The second-order valence-electron chi connectivity index (χ2n) is 6.07. The maximum absolute atomic E-state index is 6.09. The Balaban J connectivity index is 1.51. The molecule has 1 aromatic carbocycles. The summed E-state index contributed by atoms with van der Waals surface area (Å²) >= 11 is 0. The molecule has 0 amide bonds. The van der Waals surface area contributed by atoms with Crippen LogP contribution in [-0.4, -0.2) is 19.8 Å². The molecule has 0 spiro atoms. The number of fused-ring (bicyclic) bond motifs is 1. The molecule has 2 aliphatic carbocycles. The lowest BCUT2D eigenvalue weighted by molar-refractivity contribution is 0.172. The quantitative estimate of drug-likeness (QED) is 0.817. The summed E-state index contributed by atoms with van der Waals surface area (Å²) in [7, 11) is 0. The van der Waals surface area contributed by atoms with Gasteiger partial charge in [0.05, 0.1) is 11.4 Å². The van der Waals surface area contributed by atoms with Crippen LogP contribution in [0.2, 0.25) is 0 Å². The number of benzene rings is 1. The molecule has 2 fully saturated rings. The first-order valence-corrected chi connectivity index (χ1v) is 7.20. The molecule has 0 aromatic heterocycles. The van der Waals surface area contributed by atoms with Gasteiger partial charge in [0.1, 0.15) is 13.2 Å². The molecule has 1 aliphatic heterocycles. The molecule has 3 aliphatic rings. The van der Waals surface area contributed by atoms with Crippen LogP contribution < -0.4 is 20.5 Å². The van der Waals surface area contributed by atoms with Gasteiger partial charge in [-0.1, -0.05) is 0 Å². The minimum absolute atomic E-state index is 0.569. The molecule has 0 saturated heterocycles. The van der Waals surface area contributed by atoms with Gasteiger partial charge in [-0.25, -0.2) is 0 Å². The van der Waals surface area contributed by atoms with Crippen molar-refractivity contribution in [1.29, 1.82) is 0 Å². The van der Waals surface area contributed by atoms with E-state index in [1.165, 1.54) is 25.7 Å². The number of hydrogen-bond donors (Lipinski definition) is 2. The number of hydrogen-bond acceptors (Lipinski definition) is 4. The third kappa shape index (κ3) is 1.99. The van der Waals surface area contributed by atoms with Gasteiger partial charge in [-0.05, 0) is 37.0 Å². The number of anilines is 2. The molecule has 2 saturated carbocycles. The van der Waals surface area contributed by atoms with Gasteiger partial charge in [0.2, 0.25) is 0 Å². The highest BCUT2D eigenvalue weighted by atomic mass is 16.6. The van der Waals surface area contributed by atoms with Crippen LogP contribution in [0.3, 0.4) is 0 Å². The average molecular weight is 260 g/mol. The van der Waals surface area contributed by atoms with Crippen molar-refractivity contribution in [2.45, 2.75) is 25.7 Å². The van der Waals surface area contributed by atoms with Gasteiger partial charge in [-0.3, -0.25) is 0 Å². The molecule has 0 atom stereocenters. The van der Waals surface area contributed by atoms with Crippen molar-refractivity contribution >= 4 is 11.4 Å². The first-order chi connectivity index (χ1) is 9.27. The second kappa shape index (κ2) is 3.95. The molecular weight excluding hydrogens is 240 g/mol. The van der Waals surface area contributed by atoms with E-state index >= 15 is 0 Å².